The van der Waals surface area contributed by atoms with E-state index in [4.69, 9.17) is 0 Å². The van der Waals surface area contributed by atoms with Crippen LogP contribution >= 0.6 is 0 Å². The molecule has 1 aliphatic carbocycles. The third-order valence-electron chi connectivity index (χ3n) is 7.86. The minimum Gasteiger partial charge on any atom is -0.366 e. The second-order valence-corrected chi connectivity index (χ2v) is 12.0. The van der Waals surface area contributed by atoms with Gasteiger partial charge in [0, 0.05) is 43.6 Å². The maximum absolute atomic E-state index is 15.2. The zero-order valence-electron chi connectivity index (χ0n) is 19.3. The molecule has 2 unspecified atom stereocenters. The van der Waals surface area contributed by atoms with E-state index in [1.54, 1.807) is 17.6 Å². The van der Waals surface area contributed by atoms with Gasteiger partial charge in [-0.2, -0.15) is 4.31 Å². The van der Waals surface area contributed by atoms with Crippen molar-refractivity contribution in [3.63, 3.8) is 0 Å². The smallest absolute Gasteiger partial charge is 0.221 e. The Balaban J connectivity index is 1.20. The SMILES string of the molecule is C[C@H]1CCC(c2ccccc2)S(=O)(=O)N1Cc1cc(F)c(N2C[C@@H]3C(n4cnnc4)[C@@H]3C2)c(F)c1. The molecule has 0 spiro atoms. The van der Waals surface area contributed by atoms with E-state index >= 15 is 8.78 Å². The van der Waals surface area contributed by atoms with E-state index < -0.39 is 26.9 Å². The fourth-order valence-corrected chi connectivity index (χ4v) is 8.22. The number of piperidine rings is 1. The Labute approximate surface area is 203 Å². The van der Waals surface area contributed by atoms with E-state index in [2.05, 4.69) is 10.2 Å². The van der Waals surface area contributed by atoms with Gasteiger partial charge in [-0.15, -0.1) is 10.2 Å². The van der Waals surface area contributed by atoms with Crippen molar-refractivity contribution in [3.8, 4) is 0 Å². The topological polar surface area (TPSA) is 71.3 Å². The summed E-state index contributed by atoms with van der Waals surface area (Å²) in [4.78, 5) is 1.76. The van der Waals surface area contributed by atoms with Crippen molar-refractivity contribution < 1.29 is 17.2 Å². The Morgan fingerprint density at radius 3 is 2.23 bits per heavy atom. The number of rotatable bonds is 5. The molecule has 1 saturated carbocycles. The number of anilines is 1. The lowest BCUT2D eigenvalue weighted by molar-refractivity contribution is 0.281. The molecule has 2 aliphatic heterocycles. The van der Waals surface area contributed by atoms with Gasteiger partial charge in [-0.3, -0.25) is 0 Å². The van der Waals surface area contributed by atoms with E-state index in [9.17, 15) is 8.42 Å². The first-order chi connectivity index (χ1) is 16.8. The lowest BCUT2D eigenvalue weighted by Gasteiger charge is -2.37. The molecule has 0 amide bonds. The predicted octanol–water partition coefficient (Wildman–Crippen LogP) is 3.92. The number of hydrogen-bond acceptors (Lipinski definition) is 5. The van der Waals surface area contributed by atoms with E-state index in [-0.39, 0.29) is 24.3 Å². The molecule has 3 aromatic rings. The molecule has 5 atom stereocenters. The van der Waals surface area contributed by atoms with E-state index in [1.165, 1.54) is 16.4 Å². The van der Waals surface area contributed by atoms with Crippen LogP contribution in [-0.4, -0.2) is 46.6 Å². The molecule has 10 heteroatoms. The fraction of sp³-hybridized carbons (Fsp3) is 0.440. The van der Waals surface area contributed by atoms with Gasteiger partial charge in [-0.05, 0) is 43.0 Å². The van der Waals surface area contributed by atoms with Crippen LogP contribution in [0.4, 0.5) is 14.5 Å². The van der Waals surface area contributed by atoms with Gasteiger partial charge in [-0.25, -0.2) is 17.2 Å². The Morgan fingerprint density at radius 1 is 0.971 bits per heavy atom. The van der Waals surface area contributed by atoms with Gasteiger partial charge in [0.15, 0.2) is 0 Å². The number of aromatic nitrogens is 3. The quantitative estimate of drug-likeness (QED) is 0.532. The summed E-state index contributed by atoms with van der Waals surface area (Å²) in [5.74, 6) is -0.662. The molecule has 0 N–H and O–H groups in total. The van der Waals surface area contributed by atoms with Crippen LogP contribution in [0, 0.1) is 23.5 Å². The predicted molar refractivity (Wildman–Crippen MR) is 127 cm³/mol. The van der Waals surface area contributed by atoms with Gasteiger partial charge >= 0.3 is 0 Å². The number of hydrogen-bond donors (Lipinski definition) is 0. The number of sulfonamides is 1. The molecule has 2 aromatic carbocycles. The second kappa shape index (κ2) is 8.37. The summed E-state index contributed by atoms with van der Waals surface area (Å²) < 4.78 is 60.7. The average Bonchev–Trinajstić information content (AvgIpc) is 3.19. The van der Waals surface area contributed by atoms with Crippen LogP contribution in [-0.2, 0) is 16.6 Å². The number of nitrogens with zero attached hydrogens (tertiary/aromatic N) is 5. The highest BCUT2D eigenvalue weighted by atomic mass is 32.2. The zero-order valence-corrected chi connectivity index (χ0v) is 20.2. The molecule has 184 valence electrons. The van der Waals surface area contributed by atoms with Crippen LogP contribution in [0.15, 0.2) is 55.1 Å². The van der Waals surface area contributed by atoms with Gasteiger partial charge in [0.2, 0.25) is 10.0 Å². The zero-order chi connectivity index (χ0) is 24.3. The van der Waals surface area contributed by atoms with Crippen molar-refractivity contribution in [1.82, 2.24) is 19.1 Å². The maximum atomic E-state index is 15.2. The summed E-state index contributed by atoms with van der Waals surface area (Å²) in [7, 11) is -3.68. The molecular formula is C25H27F2N5O2S. The number of benzene rings is 2. The molecule has 7 nitrogen and oxygen atoms in total. The summed E-state index contributed by atoms with van der Waals surface area (Å²) in [5.41, 5.74) is 1.04. The second-order valence-electron chi connectivity index (χ2n) is 9.96. The summed E-state index contributed by atoms with van der Waals surface area (Å²) in [6, 6.07) is 11.8. The number of halogens is 2. The standard InChI is InChI=1S/C25H27F2N5O2S/c1-16-7-8-23(18-5-3-2-4-6-18)35(33,34)32(16)11-17-9-21(26)25(22(27)10-17)30-12-19-20(13-30)24(19)31-14-28-29-15-31/h2-6,9-10,14-16,19-20,23-24H,7-8,11-13H2,1H3/t16-,19-,20+,23?,24?/m0/s1. The number of fused-ring (bicyclic) bond motifs is 1. The average molecular weight is 500 g/mol. The Morgan fingerprint density at radius 2 is 1.60 bits per heavy atom. The highest BCUT2D eigenvalue weighted by Gasteiger charge is 2.57. The van der Waals surface area contributed by atoms with E-state index in [0.717, 1.165) is 5.56 Å². The Kier molecular flexibility index (Phi) is 5.41. The molecule has 3 fully saturated rings. The van der Waals surface area contributed by atoms with Crippen LogP contribution in [0.25, 0.3) is 0 Å². The first-order valence-corrected chi connectivity index (χ1v) is 13.5. The molecule has 3 heterocycles. The molecule has 0 bridgehead atoms. The summed E-state index contributed by atoms with van der Waals surface area (Å²) in [6.07, 6.45) is 4.58. The highest BCUT2D eigenvalue weighted by molar-refractivity contribution is 7.89. The van der Waals surface area contributed by atoms with Gasteiger partial charge in [0.25, 0.3) is 0 Å². The van der Waals surface area contributed by atoms with Gasteiger partial charge < -0.3 is 9.47 Å². The maximum Gasteiger partial charge on any atom is 0.221 e. The van der Waals surface area contributed by atoms with E-state index in [1.807, 2.05) is 41.8 Å². The first-order valence-electron chi connectivity index (χ1n) is 12.0. The summed E-state index contributed by atoms with van der Waals surface area (Å²) in [6.45, 7) is 2.93. The molecule has 2 saturated heterocycles. The largest absolute Gasteiger partial charge is 0.366 e. The third kappa shape index (κ3) is 3.83. The van der Waals surface area contributed by atoms with Crippen molar-refractivity contribution in [2.45, 2.75) is 43.6 Å². The molecule has 0 radical (unpaired) electrons. The lowest BCUT2D eigenvalue weighted by Crippen LogP contribution is -2.44. The van der Waals surface area contributed by atoms with Gasteiger partial charge in [-0.1, -0.05) is 30.3 Å². The van der Waals surface area contributed by atoms with Crippen molar-refractivity contribution in [3.05, 3.63) is 77.9 Å². The fourth-order valence-electron chi connectivity index (χ4n) is 6.03. The highest BCUT2D eigenvalue weighted by Crippen LogP contribution is 2.56. The summed E-state index contributed by atoms with van der Waals surface area (Å²) >= 11 is 0. The van der Waals surface area contributed by atoms with Crippen molar-refractivity contribution in [1.29, 1.82) is 0 Å². The minimum absolute atomic E-state index is 0.0276. The lowest BCUT2D eigenvalue weighted by atomic mass is 10.0. The van der Waals surface area contributed by atoms with E-state index in [0.29, 0.717) is 43.3 Å². The summed E-state index contributed by atoms with van der Waals surface area (Å²) in [5, 5.41) is 7.04. The van der Waals surface area contributed by atoms with Crippen molar-refractivity contribution in [2.24, 2.45) is 11.8 Å². The van der Waals surface area contributed by atoms with Crippen molar-refractivity contribution >= 4 is 15.7 Å². The van der Waals surface area contributed by atoms with Gasteiger partial charge in [0.05, 0.1) is 0 Å². The molecule has 3 aliphatic rings. The van der Waals surface area contributed by atoms with Gasteiger partial charge in [0.1, 0.15) is 35.2 Å². The molecular weight excluding hydrogens is 472 g/mol. The third-order valence-corrected chi connectivity index (χ3v) is 10.2. The van der Waals surface area contributed by atoms with Crippen LogP contribution in [0.5, 0.6) is 0 Å². The van der Waals surface area contributed by atoms with Crippen LogP contribution in [0.2, 0.25) is 0 Å². The normalized spacial score (nSPS) is 29.8. The van der Waals surface area contributed by atoms with Crippen LogP contribution in [0.3, 0.4) is 0 Å². The molecule has 1 aromatic heterocycles. The molecule has 35 heavy (non-hydrogen) atoms. The minimum atomic E-state index is -3.68. The van der Waals surface area contributed by atoms with Crippen LogP contribution < -0.4 is 4.90 Å². The monoisotopic (exact) mass is 499 g/mol. The Bertz CT molecular complexity index is 1300. The van der Waals surface area contributed by atoms with Crippen molar-refractivity contribution in [2.75, 3.05) is 18.0 Å². The first kappa shape index (κ1) is 22.6. The Hall–Kier alpha value is -2.85. The molecule has 6 rings (SSSR count). The van der Waals surface area contributed by atoms with Crippen LogP contribution in [0.1, 0.15) is 42.2 Å².